The lowest BCUT2D eigenvalue weighted by atomic mass is 9.79. The molecule has 2 aromatic heterocycles. The molecule has 5 rings (SSSR count). The van der Waals surface area contributed by atoms with Crippen LogP contribution in [0.25, 0.3) is 11.3 Å². The van der Waals surface area contributed by atoms with Crippen LogP contribution in [0.5, 0.6) is 5.75 Å². The first-order chi connectivity index (χ1) is 19.0. The summed E-state index contributed by atoms with van der Waals surface area (Å²) >= 11 is 0. The zero-order valence-corrected chi connectivity index (χ0v) is 26.0. The minimum absolute atomic E-state index is 0.105. The van der Waals surface area contributed by atoms with E-state index in [0.717, 1.165) is 41.1 Å². The van der Waals surface area contributed by atoms with E-state index in [1.54, 1.807) is 11.1 Å². The van der Waals surface area contributed by atoms with Crippen LogP contribution in [0.1, 0.15) is 98.4 Å². The highest BCUT2D eigenvalue weighted by Crippen LogP contribution is 2.51. The van der Waals surface area contributed by atoms with Gasteiger partial charge in [-0.2, -0.15) is 5.10 Å². The zero-order chi connectivity index (χ0) is 30.0. The van der Waals surface area contributed by atoms with E-state index in [1.165, 1.54) is 0 Å². The Balaban J connectivity index is 1.44. The number of carbonyl (C=O) groups is 2. The van der Waals surface area contributed by atoms with Gasteiger partial charge in [-0.15, -0.1) is 0 Å². The fraction of sp³-hybridized carbons (Fsp3) is 0.677. The molecule has 10 nitrogen and oxygen atoms in total. The molecule has 41 heavy (non-hydrogen) atoms. The molecule has 3 aliphatic rings. The van der Waals surface area contributed by atoms with Gasteiger partial charge in [0.25, 0.3) is 0 Å². The Labute approximate surface area is 243 Å². The Morgan fingerprint density at radius 1 is 1.00 bits per heavy atom. The number of aromatic nitrogens is 3. The maximum Gasteiger partial charge on any atom is 0.410 e. The van der Waals surface area contributed by atoms with Gasteiger partial charge in [0.2, 0.25) is 0 Å². The van der Waals surface area contributed by atoms with E-state index in [1.807, 2.05) is 58.7 Å². The molecule has 0 radical (unpaired) electrons. The molecule has 2 saturated heterocycles. The molecule has 2 aromatic rings. The summed E-state index contributed by atoms with van der Waals surface area (Å²) in [5, 5.41) is 5.22. The molecule has 2 amide bonds. The number of hydrogen-bond donors (Lipinski definition) is 0. The Hall–Kier alpha value is -3.30. The predicted molar refractivity (Wildman–Crippen MR) is 155 cm³/mol. The largest absolute Gasteiger partial charge is 0.481 e. The number of hydrogen-bond acceptors (Lipinski definition) is 7. The summed E-state index contributed by atoms with van der Waals surface area (Å²) < 4.78 is 20.3. The van der Waals surface area contributed by atoms with E-state index in [-0.39, 0.29) is 18.2 Å². The van der Waals surface area contributed by atoms with Gasteiger partial charge in [-0.3, -0.25) is 9.67 Å². The van der Waals surface area contributed by atoms with E-state index in [2.05, 4.69) is 30.4 Å². The number of pyridine rings is 1. The lowest BCUT2D eigenvalue weighted by molar-refractivity contribution is -0.0220. The average Bonchev–Trinajstić information content (AvgIpc) is 3.20. The highest BCUT2D eigenvalue weighted by atomic mass is 16.6. The number of fused-ring (bicyclic) bond motifs is 4. The van der Waals surface area contributed by atoms with E-state index in [9.17, 15) is 9.59 Å². The number of rotatable bonds is 1. The molecule has 1 atom stereocenters. The van der Waals surface area contributed by atoms with Crippen LogP contribution < -0.4 is 4.74 Å². The first-order valence-corrected chi connectivity index (χ1v) is 14.7. The topological polar surface area (TPSA) is 99.0 Å². The Morgan fingerprint density at radius 3 is 2.24 bits per heavy atom. The second kappa shape index (κ2) is 9.91. The molecule has 0 aliphatic carbocycles. The zero-order valence-electron chi connectivity index (χ0n) is 26.0. The third-order valence-electron chi connectivity index (χ3n) is 8.28. The summed E-state index contributed by atoms with van der Waals surface area (Å²) in [7, 11) is 0. The SMILES string of the molecule is Cc1c2c(nn1C1CCN(C(=O)OC(C)(C)C)C(C)(C)C1)-c1cnccc1OC21CCN(C(=O)OC(C)(C)C)CC1. The Morgan fingerprint density at radius 2 is 1.63 bits per heavy atom. The lowest BCUT2D eigenvalue weighted by Gasteiger charge is -2.46. The fourth-order valence-corrected chi connectivity index (χ4v) is 6.48. The minimum Gasteiger partial charge on any atom is -0.481 e. The van der Waals surface area contributed by atoms with Gasteiger partial charge in [-0.1, -0.05) is 0 Å². The maximum atomic E-state index is 13.0. The van der Waals surface area contributed by atoms with Crippen molar-refractivity contribution in [2.75, 3.05) is 19.6 Å². The first-order valence-electron chi connectivity index (χ1n) is 14.7. The van der Waals surface area contributed by atoms with Crippen molar-refractivity contribution in [2.45, 2.75) is 116 Å². The van der Waals surface area contributed by atoms with Crippen molar-refractivity contribution in [3.8, 4) is 17.0 Å². The number of carbonyl (C=O) groups excluding carboxylic acids is 2. The third kappa shape index (κ3) is 5.62. The van der Waals surface area contributed by atoms with Gasteiger partial charge >= 0.3 is 12.2 Å². The minimum atomic E-state index is -0.600. The summed E-state index contributed by atoms with van der Waals surface area (Å²) in [5.41, 5.74) is 1.83. The number of ether oxygens (including phenoxy) is 3. The van der Waals surface area contributed by atoms with Gasteiger partial charge in [0, 0.05) is 61.7 Å². The van der Waals surface area contributed by atoms with E-state index in [4.69, 9.17) is 19.3 Å². The quantitative estimate of drug-likeness (QED) is 0.403. The molecule has 0 N–H and O–H groups in total. The van der Waals surface area contributed by atoms with E-state index < -0.39 is 22.3 Å². The van der Waals surface area contributed by atoms with Crippen molar-refractivity contribution >= 4 is 12.2 Å². The standard InChI is InChI=1S/C31H45N5O5/c1-20-24-25(33-36(20)21-11-15-35(30(8,9)18-21)27(38)41-29(5,6)7)22-19-32-14-10-23(22)39-31(24)12-16-34(17-13-31)26(37)40-28(2,3)4/h10,14,19,21H,11-13,15-18H2,1-9H3. The highest BCUT2D eigenvalue weighted by Gasteiger charge is 2.49. The second-order valence-corrected chi connectivity index (χ2v) is 14.3. The van der Waals surface area contributed by atoms with Gasteiger partial charge in [-0.25, -0.2) is 9.59 Å². The van der Waals surface area contributed by atoms with E-state index >= 15 is 0 Å². The predicted octanol–water partition coefficient (Wildman–Crippen LogP) is 6.22. The molecule has 1 unspecified atom stereocenters. The molecule has 2 fully saturated rings. The lowest BCUT2D eigenvalue weighted by Crippen LogP contribution is -2.54. The molecule has 10 heteroatoms. The first kappa shape index (κ1) is 29.2. The van der Waals surface area contributed by atoms with Crippen molar-refractivity contribution in [1.82, 2.24) is 24.6 Å². The Kier molecular flexibility index (Phi) is 7.06. The van der Waals surface area contributed by atoms with Crippen LogP contribution in [-0.2, 0) is 15.1 Å². The molecule has 0 bridgehead atoms. The summed E-state index contributed by atoms with van der Waals surface area (Å²) in [6, 6.07) is 2.00. The number of nitrogens with zero attached hydrogens (tertiary/aromatic N) is 5. The number of piperidine rings is 2. The number of amides is 2. The molecule has 1 spiro atoms. The summed E-state index contributed by atoms with van der Waals surface area (Å²) in [5.74, 6) is 0.767. The van der Waals surface area contributed by atoms with Gasteiger partial charge in [0.15, 0.2) is 0 Å². The highest BCUT2D eigenvalue weighted by molar-refractivity contribution is 5.74. The van der Waals surface area contributed by atoms with Crippen molar-refractivity contribution in [1.29, 1.82) is 0 Å². The second-order valence-electron chi connectivity index (χ2n) is 14.3. The monoisotopic (exact) mass is 567 g/mol. The van der Waals surface area contributed by atoms with Gasteiger partial charge in [0.05, 0.1) is 11.6 Å². The maximum absolute atomic E-state index is 13.0. The molecule has 0 saturated carbocycles. The van der Waals surface area contributed by atoms with Crippen LogP contribution in [0.3, 0.4) is 0 Å². The van der Waals surface area contributed by atoms with E-state index in [0.29, 0.717) is 32.5 Å². The van der Waals surface area contributed by atoms with Crippen molar-refractivity contribution < 1.29 is 23.8 Å². The summed E-state index contributed by atoms with van der Waals surface area (Å²) in [4.78, 5) is 33.8. The van der Waals surface area contributed by atoms with Crippen molar-refractivity contribution in [3.63, 3.8) is 0 Å². The third-order valence-corrected chi connectivity index (χ3v) is 8.28. The van der Waals surface area contributed by atoms with Crippen molar-refractivity contribution in [3.05, 3.63) is 29.7 Å². The number of likely N-dealkylation sites (tertiary alicyclic amines) is 2. The normalized spacial score (nSPS) is 21.5. The molecule has 0 aromatic carbocycles. The average molecular weight is 568 g/mol. The van der Waals surface area contributed by atoms with Crippen LogP contribution in [0.2, 0.25) is 0 Å². The molecular weight excluding hydrogens is 522 g/mol. The molecule has 3 aliphatic heterocycles. The van der Waals surface area contributed by atoms with Gasteiger partial charge in [-0.05, 0) is 81.2 Å². The molecule has 5 heterocycles. The fourth-order valence-electron chi connectivity index (χ4n) is 6.48. The van der Waals surface area contributed by atoms with Crippen LogP contribution in [0.4, 0.5) is 9.59 Å². The van der Waals surface area contributed by atoms with Crippen LogP contribution in [0.15, 0.2) is 18.5 Å². The molecular formula is C31H45N5O5. The van der Waals surface area contributed by atoms with Crippen LogP contribution in [-0.4, -0.2) is 73.1 Å². The van der Waals surface area contributed by atoms with Crippen LogP contribution in [0, 0.1) is 6.92 Å². The van der Waals surface area contributed by atoms with Gasteiger partial charge in [0.1, 0.15) is 28.2 Å². The smallest absolute Gasteiger partial charge is 0.410 e. The molecule has 224 valence electrons. The summed E-state index contributed by atoms with van der Waals surface area (Å²) in [6.07, 6.45) is 5.78. The van der Waals surface area contributed by atoms with Crippen LogP contribution >= 0.6 is 0 Å². The summed E-state index contributed by atoms with van der Waals surface area (Å²) in [6.45, 7) is 19.3. The Bertz CT molecular complexity index is 1330. The van der Waals surface area contributed by atoms with Gasteiger partial charge < -0.3 is 24.0 Å². The van der Waals surface area contributed by atoms with Crippen molar-refractivity contribution in [2.24, 2.45) is 0 Å².